The van der Waals surface area contributed by atoms with Crippen LogP contribution in [0.3, 0.4) is 0 Å². The summed E-state index contributed by atoms with van der Waals surface area (Å²) in [6, 6.07) is 23.5. The molecule has 3 aromatic carbocycles. The second-order valence-electron chi connectivity index (χ2n) is 7.40. The SMILES string of the molecule is Cc1ccc(C)c(NC(=O)[C@@H](Sc2nnc(-c3ccccc3C)o2)c2ccccc2)c1. The van der Waals surface area contributed by atoms with Crippen molar-refractivity contribution in [3.05, 3.63) is 95.1 Å². The summed E-state index contributed by atoms with van der Waals surface area (Å²) < 4.78 is 5.91. The molecule has 1 heterocycles. The molecule has 0 unspecified atom stereocenters. The highest BCUT2D eigenvalue weighted by atomic mass is 32.2. The van der Waals surface area contributed by atoms with Crippen LogP contribution in [0.2, 0.25) is 0 Å². The first-order valence-corrected chi connectivity index (χ1v) is 10.9. The standard InChI is InChI=1S/C25H23N3O2S/c1-16-13-14-18(3)21(15-16)26-23(29)22(19-10-5-4-6-11-19)31-25-28-27-24(30-25)20-12-8-7-9-17(20)2/h4-15,22H,1-3H3,(H,26,29)/t22-/m0/s1. The van der Waals surface area contributed by atoms with Gasteiger partial charge in [0.25, 0.3) is 5.22 Å². The molecule has 0 fully saturated rings. The van der Waals surface area contributed by atoms with Gasteiger partial charge in [-0.2, -0.15) is 0 Å². The zero-order chi connectivity index (χ0) is 21.8. The Morgan fingerprint density at radius 2 is 1.65 bits per heavy atom. The molecule has 31 heavy (non-hydrogen) atoms. The Morgan fingerprint density at radius 3 is 2.42 bits per heavy atom. The van der Waals surface area contributed by atoms with Crippen molar-refractivity contribution in [3.63, 3.8) is 0 Å². The van der Waals surface area contributed by atoms with Gasteiger partial charge in [0.1, 0.15) is 5.25 Å². The van der Waals surface area contributed by atoms with E-state index in [1.165, 1.54) is 11.8 Å². The topological polar surface area (TPSA) is 68.0 Å². The minimum Gasteiger partial charge on any atom is -0.411 e. The third-order valence-corrected chi connectivity index (χ3v) is 6.08. The number of hydrogen-bond acceptors (Lipinski definition) is 5. The molecule has 1 atom stereocenters. The van der Waals surface area contributed by atoms with Gasteiger partial charge in [0.2, 0.25) is 11.8 Å². The molecule has 0 aliphatic heterocycles. The van der Waals surface area contributed by atoms with E-state index in [-0.39, 0.29) is 5.91 Å². The number of aryl methyl sites for hydroxylation is 3. The Kier molecular flexibility index (Phi) is 6.18. The molecule has 0 aliphatic rings. The number of hydrogen-bond donors (Lipinski definition) is 1. The zero-order valence-corrected chi connectivity index (χ0v) is 18.4. The van der Waals surface area contributed by atoms with E-state index in [0.717, 1.165) is 33.5 Å². The van der Waals surface area contributed by atoms with Gasteiger partial charge in [-0.05, 0) is 66.9 Å². The fourth-order valence-electron chi connectivity index (χ4n) is 3.25. The molecule has 6 heteroatoms. The third-order valence-electron chi connectivity index (χ3n) is 4.99. The number of amides is 1. The van der Waals surface area contributed by atoms with Crippen molar-refractivity contribution in [2.45, 2.75) is 31.2 Å². The van der Waals surface area contributed by atoms with E-state index in [2.05, 4.69) is 15.5 Å². The van der Waals surface area contributed by atoms with Gasteiger partial charge in [-0.15, -0.1) is 10.2 Å². The van der Waals surface area contributed by atoms with Crippen LogP contribution in [-0.4, -0.2) is 16.1 Å². The van der Waals surface area contributed by atoms with Gasteiger partial charge in [0.05, 0.1) is 0 Å². The van der Waals surface area contributed by atoms with E-state index in [1.54, 1.807) is 0 Å². The molecule has 0 aliphatic carbocycles. The first-order valence-electron chi connectivity index (χ1n) is 10.0. The molecule has 156 valence electrons. The molecule has 0 bridgehead atoms. The summed E-state index contributed by atoms with van der Waals surface area (Å²) in [4.78, 5) is 13.3. The zero-order valence-electron chi connectivity index (χ0n) is 17.6. The van der Waals surface area contributed by atoms with Crippen LogP contribution >= 0.6 is 11.8 Å². The molecule has 1 amide bonds. The number of nitrogens with zero attached hydrogens (tertiary/aromatic N) is 2. The molecule has 0 saturated carbocycles. The molecule has 5 nitrogen and oxygen atoms in total. The van der Waals surface area contributed by atoms with Crippen molar-refractivity contribution >= 4 is 23.4 Å². The Morgan fingerprint density at radius 1 is 0.903 bits per heavy atom. The summed E-state index contributed by atoms with van der Waals surface area (Å²) in [6.07, 6.45) is 0. The smallest absolute Gasteiger partial charge is 0.277 e. The lowest BCUT2D eigenvalue weighted by atomic mass is 10.1. The maximum atomic E-state index is 13.3. The van der Waals surface area contributed by atoms with Crippen molar-refractivity contribution in [2.24, 2.45) is 0 Å². The Bertz CT molecular complexity index is 1200. The van der Waals surface area contributed by atoms with E-state index < -0.39 is 5.25 Å². The highest BCUT2D eigenvalue weighted by Crippen LogP contribution is 2.37. The average Bonchev–Trinajstić information content (AvgIpc) is 3.24. The van der Waals surface area contributed by atoms with Gasteiger partial charge in [-0.3, -0.25) is 4.79 Å². The lowest BCUT2D eigenvalue weighted by Crippen LogP contribution is -2.19. The van der Waals surface area contributed by atoms with Gasteiger partial charge >= 0.3 is 0 Å². The van der Waals surface area contributed by atoms with E-state index in [0.29, 0.717) is 11.1 Å². The Balaban J connectivity index is 1.61. The molecular formula is C25H23N3O2S. The highest BCUT2D eigenvalue weighted by Gasteiger charge is 2.25. The second-order valence-corrected chi connectivity index (χ2v) is 8.46. The summed E-state index contributed by atoms with van der Waals surface area (Å²) in [5, 5.41) is 11.3. The molecular weight excluding hydrogens is 406 g/mol. The number of aromatic nitrogens is 2. The van der Waals surface area contributed by atoms with Crippen molar-refractivity contribution in [1.82, 2.24) is 10.2 Å². The molecule has 4 rings (SSSR count). The number of nitrogens with one attached hydrogen (secondary N) is 1. The number of benzene rings is 3. The van der Waals surface area contributed by atoms with Gasteiger partial charge < -0.3 is 9.73 Å². The van der Waals surface area contributed by atoms with Crippen LogP contribution in [0.4, 0.5) is 5.69 Å². The first kappa shape index (κ1) is 20.9. The second kappa shape index (κ2) is 9.18. The van der Waals surface area contributed by atoms with Crippen LogP contribution in [0.1, 0.15) is 27.5 Å². The number of thioether (sulfide) groups is 1. The van der Waals surface area contributed by atoms with Crippen LogP contribution in [0, 0.1) is 20.8 Å². The van der Waals surface area contributed by atoms with Crippen LogP contribution in [-0.2, 0) is 4.79 Å². The quantitative estimate of drug-likeness (QED) is 0.373. The van der Waals surface area contributed by atoms with Crippen molar-refractivity contribution < 1.29 is 9.21 Å². The number of carbonyl (C=O) groups is 1. The highest BCUT2D eigenvalue weighted by molar-refractivity contribution is 8.00. The van der Waals surface area contributed by atoms with Crippen LogP contribution in [0.5, 0.6) is 0 Å². The van der Waals surface area contributed by atoms with Crippen molar-refractivity contribution in [1.29, 1.82) is 0 Å². The van der Waals surface area contributed by atoms with E-state index in [4.69, 9.17) is 4.42 Å². The van der Waals surface area contributed by atoms with Crippen molar-refractivity contribution in [3.8, 4) is 11.5 Å². The van der Waals surface area contributed by atoms with Crippen LogP contribution in [0.25, 0.3) is 11.5 Å². The summed E-state index contributed by atoms with van der Waals surface area (Å²) in [5.74, 6) is 0.308. The van der Waals surface area contributed by atoms with Gasteiger partial charge in [0.15, 0.2) is 0 Å². The number of anilines is 1. The normalized spacial score (nSPS) is 11.8. The maximum Gasteiger partial charge on any atom is 0.277 e. The van der Waals surface area contributed by atoms with Gasteiger partial charge in [-0.1, -0.05) is 60.7 Å². The monoisotopic (exact) mass is 429 g/mol. The predicted octanol–water partition coefficient (Wildman–Crippen LogP) is 6.13. The van der Waals surface area contributed by atoms with Gasteiger partial charge in [-0.25, -0.2) is 0 Å². The Hall–Kier alpha value is -3.38. The summed E-state index contributed by atoms with van der Waals surface area (Å²) >= 11 is 1.25. The third kappa shape index (κ3) is 4.86. The summed E-state index contributed by atoms with van der Waals surface area (Å²) in [6.45, 7) is 5.98. The number of carbonyl (C=O) groups excluding carboxylic acids is 1. The lowest BCUT2D eigenvalue weighted by Gasteiger charge is -2.16. The largest absolute Gasteiger partial charge is 0.411 e. The fourth-order valence-corrected chi connectivity index (χ4v) is 4.13. The average molecular weight is 430 g/mol. The summed E-state index contributed by atoms with van der Waals surface area (Å²) in [7, 11) is 0. The van der Waals surface area contributed by atoms with Crippen LogP contribution in [0.15, 0.2) is 82.4 Å². The summed E-state index contributed by atoms with van der Waals surface area (Å²) in [5.41, 5.74) is 5.71. The lowest BCUT2D eigenvalue weighted by molar-refractivity contribution is -0.115. The first-order chi connectivity index (χ1) is 15.0. The fraction of sp³-hybridized carbons (Fsp3) is 0.160. The molecule has 0 radical (unpaired) electrons. The number of rotatable bonds is 6. The molecule has 1 aromatic heterocycles. The van der Waals surface area contributed by atoms with Crippen LogP contribution < -0.4 is 5.32 Å². The van der Waals surface area contributed by atoms with E-state index in [9.17, 15) is 4.79 Å². The Labute approximate surface area is 185 Å². The predicted molar refractivity (Wildman–Crippen MR) is 124 cm³/mol. The minimum absolute atomic E-state index is 0.138. The van der Waals surface area contributed by atoms with Crippen molar-refractivity contribution in [2.75, 3.05) is 5.32 Å². The maximum absolute atomic E-state index is 13.3. The van der Waals surface area contributed by atoms with Gasteiger partial charge in [0, 0.05) is 11.3 Å². The molecule has 0 saturated heterocycles. The minimum atomic E-state index is -0.536. The molecule has 1 N–H and O–H groups in total. The molecule has 4 aromatic rings. The molecule has 0 spiro atoms. The van der Waals surface area contributed by atoms with E-state index in [1.807, 2.05) is 93.6 Å². The van der Waals surface area contributed by atoms with E-state index >= 15 is 0 Å².